The lowest BCUT2D eigenvalue weighted by Crippen LogP contribution is -2.22. The number of aromatic nitrogens is 1. The molecule has 0 aliphatic carbocycles. The number of aryl methyl sites for hydroxylation is 1. The van der Waals surface area contributed by atoms with E-state index in [1.807, 2.05) is 25.3 Å². The predicted molar refractivity (Wildman–Crippen MR) is 70.6 cm³/mol. The molecular formula is C14H18N2O. The molecule has 0 saturated carbocycles. The molecule has 0 bridgehead atoms. The van der Waals surface area contributed by atoms with Gasteiger partial charge in [0.05, 0.1) is 6.54 Å². The lowest BCUT2D eigenvalue weighted by atomic mass is 10.1. The van der Waals surface area contributed by atoms with E-state index in [1.165, 1.54) is 5.56 Å². The summed E-state index contributed by atoms with van der Waals surface area (Å²) in [6, 6.07) is 6.11. The molecule has 0 aliphatic rings. The van der Waals surface area contributed by atoms with Crippen LogP contribution in [-0.4, -0.2) is 23.9 Å². The van der Waals surface area contributed by atoms with Gasteiger partial charge in [-0.1, -0.05) is 32.0 Å². The van der Waals surface area contributed by atoms with Gasteiger partial charge in [0, 0.05) is 22.7 Å². The third-order valence-corrected chi connectivity index (χ3v) is 3.02. The van der Waals surface area contributed by atoms with Crippen LogP contribution in [0.5, 0.6) is 0 Å². The second-order valence-corrected chi connectivity index (χ2v) is 4.10. The Morgan fingerprint density at radius 1 is 1.35 bits per heavy atom. The Balaban J connectivity index is 2.39. The maximum absolute atomic E-state index is 12.0. The lowest BCUT2D eigenvalue weighted by molar-refractivity contribution is 0.0993. The minimum atomic E-state index is 0.145. The van der Waals surface area contributed by atoms with Crippen LogP contribution >= 0.6 is 0 Å². The minimum absolute atomic E-state index is 0.145. The molecule has 0 aliphatic heterocycles. The zero-order valence-corrected chi connectivity index (χ0v) is 10.3. The van der Waals surface area contributed by atoms with Crippen LogP contribution in [-0.2, 0) is 6.42 Å². The molecule has 1 heterocycles. The number of likely N-dealkylation sites (N-methyl/N-ethyl adjacent to an activating group) is 1. The number of benzene rings is 1. The maximum Gasteiger partial charge on any atom is 0.178 e. The highest BCUT2D eigenvalue weighted by Gasteiger charge is 2.12. The number of hydrogen-bond acceptors (Lipinski definition) is 2. The first-order valence-electron chi connectivity index (χ1n) is 6.10. The van der Waals surface area contributed by atoms with Crippen molar-refractivity contribution in [1.82, 2.24) is 10.3 Å². The van der Waals surface area contributed by atoms with Gasteiger partial charge in [-0.05, 0) is 18.5 Å². The Hall–Kier alpha value is -1.61. The number of para-hydroxylation sites is 1. The smallest absolute Gasteiger partial charge is 0.178 e. The molecule has 2 rings (SSSR count). The molecule has 0 unspecified atom stereocenters. The lowest BCUT2D eigenvalue weighted by Gasteiger charge is -2.01. The Morgan fingerprint density at radius 3 is 2.88 bits per heavy atom. The van der Waals surface area contributed by atoms with Crippen molar-refractivity contribution in [3.8, 4) is 0 Å². The van der Waals surface area contributed by atoms with Crippen molar-refractivity contribution >= 4 is 16.7 Å². The molecule has 2 N–H and O–H groups in total. The maximum atomic E-state index is 12.0. The number of fused-ring (bicyclic) bond motifs is 1. The van der Waals surface area contributed by atoms with Gasteiger partial charge < -0.3 is 10.3 Å². The highest BCUT2D eigenvalue weighted by Crippen LogP contribution is 2.22. The van der Waals surface area contributed by atoms with Crippen LogP contribution < -0.4 is 5.32 Å². The fourth-order valence-corrected chi connectivity index (χ4v) is 2.08. The number of H-pyrrole nitrogens is 1. The molecule has 1 aromatic carbocycles. The third-order valence-electron chi connectivity index (χ3n) is 3.02. The predicted octanol–water partition coefficient (Wildman–Crippen LogP) is 2.52. The standard InChI is InChI=1S/C14H18N2O/c1-3-10-6-5-7-11-12(8-16-14(10)11)13(17)9-15-4-2/h5-8,15-16H,3-4,9H2,1-2H3. The Labute approximate surface area is 101 Å². The summed E-state index contributed by atoms with van der Waals surface area (Å²) in [4.78, 5) is 15.2. The number of Topliss-reactive ketones (excluding diaryl/α,β-unsaturated/α-hetero) is 1. The molecule has 0 fully saturated rings. The van der Waals surface area contributed by atoms with Crippen LogP contribution in [0.2, 0.25) is 0 Å². The summed E-state index contributed by atoms with van der Waals surface area (Å²) in [6.45, 7) is 5.33. The van der Waals surface area contributed by atoms with Crippen LogP contribution in [0.15, 0.2) is 24.4 Å². The third kappa shape index (κ3) is 2.24. The number of aromatic amines is 1. The van der Waals surface area contributed by atoms with Gasteiger partial charge in [-0.3, -0.25) is 4.79 Å². The van der Waals surface area contributed by atoms with E-state index in [4.69, 9.17) is 0 Å². The van der Waals surface area contributed by atoms with Crippen LogP contribution in [0.25, 0.3) is 10.9 Å². The van der Waals surface area contributed by atoms with Crippen LogP contribution in [0, 0.1) is 0 Å². The van der Waals surface area contributed by atoms with E-state index >= 15 is 0 Å². The monoisotopic (exact) mass is 230 g/mol. The zero-order valence-electron chi connectivity index (χ0n) is 10.3. The molecule has 17 heavy (non-hydrogen) atoms. The quantitative estimate of drug-likeness (QED) is 0.775. The molecule has 0 spiro atoms. The normalized spacial score (nSPS) is 10.9. The number of ketones is 1. The molecule has 3 heteroatoms. The summed E-state index contributed by atoms with van der Waals surface area (Å²) in [7, 11) is 0. The van der Waals surface area contributed by atoms with Crippen LogP contribution in [0.4, 0.5) is 0 Å². The molecule has 0 amide bonds. The molecule has 1 aromatic heterocycles. The number of carbonyl (C=O) groups is 1. The second-order valence-electron chi connectivity index (χ2n) is 4.10. The fraction of sp³-hybridized carbons (Fsp3) is 0.357. The number of nitrogens with one attached hydrogen (secondary N) is 2. The van der Waals surface area contributed by atoms with E-state index in [2.05, 4.69) is 23.3 Å². The van der Waals surface area contributed by atoms with Gasteiger partial charge in [0.25, 0.3) is 0 Å². The number of hydrogen-bond donors (Lipinski definition) is 2. The van der Waals surface area contributed by atoms with Gasteiger partial charge in [-0.15, -0.1) is 0 Å². The zero-order chi connectivity index (χ0) is 12.3. The van der Waals surface area contributed by atoms with Gasteiger partial charge in [0.15, 0.2) is 5.78 Å². The Morgan fingerprint density at radius 2 is 2.18 bits per heavy atom. The molecular weight excluding hydrogens is 212 g/mol. The van der Waals surface area contributed by atoms with Gasteiger partial charge >= 0.3 is 0 Å². The van der Waals surface area contributed by atoms with Crippen molar-refractivity contribution in [2.45, 2.75) is 20.3 Å². The average molecular weight is 230 g/mol. The molecule has 2 aromatic rings. The van der Waals surface area contributed by atoms with E-state index in [9.17, 15) is 4.79 Å². The van der Waals surface area contributed by atoms with Crippen molar-refractivity contribution in [2.24, 2.45) is 0 Å². The summed E-state index contributed by atoms with van der Waals surface area (Å²) in [5.41, 5.74) is 3.14. The first kappa shape index (κ1) is 11.9. The van der Waals surface area contributed by atoms with E-state index < -0.39 is 0 Å². The second kappa shape index (κ2) is 5.15. The number of carbonyl (C=O) groups excluding carboxylic acids is 1. The summed E-state index contributed by atoms with van der Waals surface area (Å²) in [5, 5.41) is 4.10. The van der Waals surface area contributed by atoms with Gasteiger partial charge in [0.1, 0.15) is 0 Å². The van der Waals surface area contributed by atoms with Crippen LogP contribution in [0.1, 0.15) is 29.8 Å². The summed E-state index contributed by atoms with van der Waals surface area (Å²) < 4.78 is 0. The van der Waals surface area contributed by atoms with Crippen molar-refractivity contribution in [1.29, 1.82) is 0 Å². The Bertz CT molecular complexity index is 528. The molecule has 0 saturated heterocycles. The summed E-state index contributed by atoms with van der Waals surface area (Å²) in [5.74, 6) is 0.145. The fourth-order valence-electron chi connectivity index (χ4n) is 2.08. The van der Waals surface area contributed by atoms with Gasteiger partial charge in [-0.25, -0.2) is 0 Å². The van der Waals surface area contributed by atoms with Crippen LogP contribution in [0.3, 0.4) is 0 Å². The van der Waals surface area contributed by atoms with E-state index in [-0.39, 0.29) is 5.78 Å². The van der Waals surface area contributed by atoms with Crippen molar-refractivity contribution < 1.29 is 4.79 Å². The highest BCUT2D eigenvalue weighted by molar-refractivity contribution is 6.09. The van der Waals surface area contributed by atoms with Crippen molar-refractivity contribution in [3.63, 3.8) is 0 Å². The molecule has 0 radical (unpaired) electrons. The van der Waals surface area contributed by atoms with Gasteiger partial charge in [-0.2, -0.15) is 0 Å². The van der Waals surface area contributed by atoms with E-state index in [1.54, 1.807) is 0 Å². The first-order chi connectivity index (χ1) is 8.27. The van der Waals surface area contributed by atoms with Crippen molar-refractivity contribution in [2.75, 3.05) is 13.1 Å². The molecule has 90 valence electrons. The topological polar surface area (TPSA) is 44.9 Å². The number of rotatable bonds is 5. The summed E-state index contributed by atoms with van der Waals surface area (Å²) in [6.07, 6.45) is 2.79. The average Bonchev–Trinajstić information content (AvgIpc) is 2.79. The molecule has 0 atom stereocenters. The largest absolute Gasteiger partial charge is 0.360 e. The first-order valence-corrected chi connectivity index (χ1v) is 6.10. The molecule has 3 nitrogen and oxygen atoms in total. The van der Waals surface area contributed by atoms with Gasteiger partial charge in [0.2, 0.25) is 0 Å². The Kier molecular flexibility index (Phi) is 3.59. The SMILES string of the molecule is CCNCC(=O)c1c[nH]c2c(CC)cccc12. The summed E-state index contributed by atoms with van der Waals surface area (Å²) >= 11 is 0. The van der Waals surface area contributed by atoms with E-state index in [0.717, 1.165) is 29.4 Å². The van der Waals surface area contributed by atoms with E-state index in [0.29, 0.717) is 6.54 Å². The highest BCUT2D eigenvalue weighted by atomic mass is 16.1. The van der Waals surface area contributed by atoms with Crippen molar-refractivity contribution in [3.05, 3.63) is 35.5 Å². The minimum Gasteiger partial charge on any atom is -0.360 e.